The number of amides is 1. The Bertz CT molecular complexity index is 688. The summed E-state index contributed by atoms with van der Waals surface area (Å²) in [6, 6.07) is 2.99. The number of ether oxygens (including phenoxy) is 1. The SMILES string of the molecule is C[C@@]1(O)C(=O)NC2NCCC(C3NN(C4(CC#N)COC4)C4CCCCC34)C21. The van der Waals surface area contributed by atoms with Gasteiger partial charge in [0.2, 0.25) is 0 Å². The molecule has 5 fully saturated rings. The van der Waals surface area contributed by atoms with Gasteiger partial charge in [-0.1, -0.05) is 12.8 Å². The van der Waals surface area contributed by atoms with Gasteiger partial charge in [0.1, 0.15) is 5.60 Å². The smallest absolute Gasteiger partial charge is 0.253 e. The molecule has 6 unspecified atom stereocenters. The minimum absolute atomic E-state index is 0.154. The van der Waals surface area contributed by atoms with E-state index < -0.39 is 5.60 Å². The van der Waals surface area contributed by atoms with Crippen LogP contribution in [-0.4, -0.2) is 65.2 Å². The fourth-order valence-electron chi connectivity index (χ4n) is 6.63. The van der Waals surface area contributed by atoms with Crippen molar-refractivity contribution in [2.75, 3.05) is 19.8 Å². The Morgan fingerprint density at radius 1 is 1.29 bits per heavy atom. The molecule has 0 radical (unpaired) electrons. The van der Waals surface area contributed by atoms with E-state index >= 15 is 0 Å². The van der Waals surface area contributed by atoms with Gasteiger partial charge in [-0.05, 0) is 44.6 Å². The second-order valence-corrected chi connectivity index (χ2v) is 9.62. The molecule has 28 heavy (non-hydrogen) atoms. The molecule has 7 atom stereocenters. The zero-order chi connectivity index (χ0) is 19.5. The number of nitriles is 1. The fraction of sp³-hybridized carbons (Fsp3) is 0.900. The highest BCUT2D eigenvalue weighted by Crippen LogP contribution is 2.48. The lowest BCUT2D eigenvalue weighted by atomic mass is 9.67. The number of rotatable bonds is 3. The summed E-state index contributed by atoms with van der Waals surface area (Å²) in [4.78, 5) is 12.4. The Hall–Kier alpha value is -1.24. The molecule has 0 aromatic rings. The van der Waals surface area contributed by atoms with Crippen molar-refractivity contribution in [1.29, 1.82) is 5.26 Å². The van der Waals surface area contributed by atoms with Crippen molar-refractivity contribution < 1.29 is 14.6 Å². The van der Waals surface area contributed by atoms with Crippen molar-refractivity contribution in [3.63, 3.8) is 0 Å². The third-order valence-electron chi connectivity index (χ3n) is 8.04. The van der Waals surface area contributed by atoms with Crippen molar-refractivity contribution in [2.45, 2.75) is 74.8 Å². The van der Waals surface area contributed by atoms with E-state index in [0.717, 1.165) is 25.8 Å². The molecule has 0 spiro atoms. The van der Waals surface area contributed by atoms with Crippen LogP contribution >= 0.6 is 0 Å². The molecule has 4 aliphatic heterocycles. The van der Waals surface area contributed by atoms with Gasteiger partial charge in [-0.3, -0.25) is 15.5 Å². The summed E-state index contributed by atoms with van der Waals surface area (Å²) in [6.07, 6.45) is 5.96. The van der Waals surface area contributed by atoms with Crippen molar-refractivity contribution in [2.24, 2.45) is 17.8 Å². The van der Waals surface area contributed by atoms with E-state index in [0.29, 0.717) is 31.6 Å². The number of hydrogen-bond donors (Lipinski definition) is 4. The van der Waals surface area contributed by atoms with Crippen LogP contribution in [-0.2, 0) is 9.53 Å². The van der Waals surface area contributed by atoms with Crippen molar-refractivity contribution in [3.8, 4) is 6.07 Å². The van der Waals surface area contributed by atoms with E-state index in [1.165, 1.54) is 12.8 Å². The molecule has 4 N–H and O–H groups in total. The van der Waals surface area contributed by atoms with Gasteiger partial charge >= 0.3 is 0 Å². The average Bonchev–Trinajstić information content (AvgIpc) is 3.14. The first-order chi connectivity index (χ1) is 13.5. The normalized spacial score (nSPS) is 47.5. The minimum Gasteiger partial charge on any atom is -0.380 e. The van der Waals surface area contributed by atoms with Gasteiger partial charge in [0.05, 0.1) is 37.4 Å². The number of hydrogen-bond acceptors (Lipinski definition) is 7. The fourth-order valence-corrected chi connectivity index (χ4v) is 6.63. The van der Waals surface area contributed by atoms with Crippen molar-refractivity contribution in [1.82, 2.24) is 21.1 Å². The lowest BCUT2D eigenvalue weighted by molar-refractivity contribution is -0.165. The van der Waals surface area contributed by atoms with Crippen LogP contribution in [0.3, 0.4) is 0 Å². The quantitative estimate of drug-likeness (QED) is 0.531. The first-order valence-corrected chi connectivity index (χ1v) is 10.7. The van der Waals surface area contributed by atoms with E-state index in [9.17, 15) is 15.2 Å². The molecule has 0 aromatic heterocycles. The molecule has 8 nitrogen and oxygen atoms in total. The Morgan fingerprint density at radius 3 is 2.79 bits per heavy atom. The van der Waals surface area contributed by atoms with Crippen LogP contribution < -0.4 is 16.1 Å². The van der Waals surface area contributed by atoms with Gasteiger partial charge in [-0.25, -0.2) is 5.01 Å². The molecule has 5 aliphatic rings. The lowest BCUT2D eigenvalue weighted by Gasteiger charge is -2.50. The lowest BCUT2D eigenvalue weighted by Crippen LogP contribution is -2.67. The van der Waals surface area contributed by atoms with E-state index in [-0.39, 0.29) is 35.5 Å². The number of nitrogens with zero attached hydrogens (tertiary/aromatic N) is 2. The number of piperidine rings is 1. The molecule has 0 bridgehead atoms. The first kappa shape index (κ1) is 18.8. The molecule has 4 saturated heterocycles. The maximum atomic E-state index is 12.4. The molecule has 4 heterocycles. The van der Waals surface area contributed by atoms with E-state index in [1.807, 2.05) is 0 Å². The third-order valence-corrected chi connectivity index (χ3v) is 8.04. The highest BCUT2D eigenvalue weighted by molar-refractivity contribution is 5.87. The number of carbonyl (C=O) groups is 1. The van der Waals surface area contributed by atoms with Crippen LogP contribution in [0.25, 0.3) is 0 Å². The Labute approximate surface area is 165 Å². The standard InChI is InChI=1S/C20H31N5O3/c1-19(27)15-13(6-9-22-17(15)23-18(19)26)16-12-4-2-3-5-14(12)25(24-16)20(7-8-21)10-28-11-20/h12-17,22,24,27H,2-7,9-11H2,1H3,(H,23,26)/t12?,13?,14?,15?,16?,17?,19-/m0/s1. The zero-order valence-corrected chi connectivity index (χ0v) is 16.5. The molecule has 1 amide bonds. The van der Waals surface area contributed by atoms with E-state index in [1.54, 1.807) is 6.92 Å². The molecule has 5 rings (SSSR count). The van der Waals surface area contributed by atoms with Crippen LogP contribution in [0.1, 0.15) is 45.4 Å². The number of fused-ring (bicyclic) bond motifs is 2. The molecular weight excluding hydrogens is 358 g/mol. The summed E-state index contributed by atoms with van der Waals surface area (Å²) in [6.45, 7) is 3.69. The summed E-state index contributed by atoms with van der Waals surface area (Å²) in [7, 11) is 0. The number of nitrogens with one attached hydrogen (secondary N) is 3. The first-order valence-electron chi connectivity index (χ1n) is 10.7. The number of hydrazine groups is 1. The Balaban J connectivity index is 1.46. The van der Waals surface area contributed by atoms with Gasteiger partial charge < -0.3 is 15.2 Å². The van der Waals surface area contributed by atoms with Gasteiger partial charge in [0.25, 0.3) is 5.91 Å². The molecule has 1 aliphatic carbocycles. The van der Waals surface area contributed by atoms with Gasteiger partial charge in [0, 0.05) is 18.0 Å². The molecule has 0 aromatic carbocycles. The summed E-state index contributed by atoms with van der Waals surface area (Å²) in [5.41, 5.74) is 2.23. The molecule has 154 valence electrons. The third kappa shape index (κ3) is 2.57. The monoisotopic (exact) mass is 389 g/mol. The minimum atomic E-state index is -1.36. The molecule has 1 saturated carbocycles. The second kappa shape index (κ2) is 6.64. The van der Waals surface area contributed by atoms with Crippen LogP contribution in [0.5, 0.6) is 0 Å². The molecular formula is C20H31N5O3. The topological polar surface area (TPSA) is 110 Å². The molecule has 8 heteroatoms. The van der Waals surface area contributed by atoms with Gasteiger partial charge in [-0.2, -0.15) is 5.26 Å². The largest absolute Gasteiger partial charge is 0.380 e. The summed E-state index contributed by atoms with van der Waals surface area (Å²) >= 11 is 0. The summed E-state index contributed by atoms with van der Waals surface area (Å²) in [5.74, 6) is 0.264. The number of carbonyl (C=O) groups excluding carboxylic acids is 1. The second-order valence-electron chi connectivity index (χ2n) is 9.62. The van der Waals surface area contributed by atoms with Gasteiger partial charge in [0.15, 0.2) is 0 Å². The van der Waals surface area contributed by atoms with E-state index in [2.05, 4.69) is 27.1 Å². The van der Waals surface area contributed by atoms with Gasteiger partial charge in [-0.15, -0.1) is 0 Å². The summed E-state index contributed by atoms with van der Waals surface area (Å²) < 4.78 is 5.54. The zero-order valence-electron chi connectivity index (χ0n) is 16.5. The Morgan fingerprint density at radius 2 is 2.07 bits per heavy atom. The summed E-state index contributed by atoms with van der Waals surface area (Å²) in [5, 5.41) is 29.1. The van der Waals surface area contributed by atoms with Crippen LogP contribution in [0, 0.1) is 29.1 Å². The van der Waals surface area contributed by atoms with Crippen LogP contribution in [0.2, 0.25) is 0 Å². The van der Waals surface area contributed by atoms with Crippen molar-refractivity contribution >= 4 is 5.91 Å². The predicted molar refractivity (Wildman–Crippen MR) is 100 cm³/mol. The maximum Gasteiger partial charge on any atom is 0.253 e. The Kier molecular flexibility index (Phi) is 4.45. The number of aliphatic hydroxyl groups is 1. The van der Waals surface area contributed by atoms with Crippen LogP contribution in [0.4, 0.5) is 0 Å². The van der Waals surface area contributed by atoms with E-state index in [4.69, 9.17) is 4.74 Å². The maximum absolute atomic E-state index is 12.4. The van der Waals surface area contributed by atoms with Crippen LogP contribution in [0.15, 0.2) is 0 Å². The van der Waals surface area contributed by atoms with Crippen molar-refractivity contribution in [3.05, 3.63) is 0 Å². The predicted octanol–water partition coefficient (Wildman–Crippen LogP) is -0.151. The highest BCUT2D eigenvalue weighted by Gasteiger charge is 2.61. The average molecular weight is 390 g/mol. The highest BCUT2D eigenvalue weighted by atomic mass is 16.5.